The minimum Gasteiger partial charge on any atom is -0.490 e. The normalized spacial score (nSPS) is 10.5. The zero-order chi connectivity index (χ0) is 12.0. The molecule has 0 aromatic heterocycles. The molecule has 0 aliphatic heterocycles. The molecular formula is C13H17BrO2. The summed E-state index contributed by atoms with van der Waals surface area (Å²) in [6.45, 7) is 3.92. The molecule has 0 radical (unpaired) electrons. The second-order valence-electron chi connectivity index (χ2n) is 3.88. The highest BCUT2D eigenvalue weighted by Crippen LogP contribution is 2.21. The summed E-state index contributed by atoms with van der Waals surface area (Å²) in [6, 6.07) is 7.43. The van der Waals surface area contributed by atoms with E-state index < -0.39 is 0 Å². The molecule has 0 atom stereocenters. The van der Waals surface area contributed by atoms with E-state index in [2.05, 4.69) is 15.9 Å². The Bertz CT molecular complexity index is 348. The van der Waals surface area contributed by atoms with Crippen molar-refractivity contribution in [1.82, 2.24) is 0 Å². The predicted octanol–water partition coefficient (Wildman–Crippen LogP) is 3.83. The second kappa shape index (κ2) is 6.69. The first-order chi connectivity index (χ1) is 7.65. The van der Waals surface area contributed by atoms with E-state index in [-0.39, 0.29) is 11.9 Å². The van der Waals surface area contributed by atoms with E-state index >= 15 is 0 Å². The molecule has 0 aliphatic carbocycles. The van der Waals surface area contributed by atoms with Crippen molar-refractivity contribution in [2.24, 2.45) is 0 Å². The molecule has 1 aromatic carbocycles. The van der Waals surface area contributed by atoms with Crippen LogP contribution in [0.4, 0.5) is 0 Å². The van der Waals surface area contributed by atoms with Gasteiger partial charge in [-0.15, -0.1) is 0 Å². The minimum absolute atomic E-state index is 0.0881. The van der Waals surface area contributed by atoms with Crippen molar-refractivity contribution in [3.05, 3.63) is 29.8 Å². The second-order valence-corrected chi connectivity index (χ2v) is 4.67. The van der Waals surface area contributed by atoms with Gasteiger partial charge < -0.3 is 4.74 Å². The fraction of sp³-hybridized carbons (Fsp3) is 0.462. The molecule has 0 aliphatic rings. The molecular weight excluding hydrogens is 268 g/mol. The fourth-order valence-corrected chi connectivity index (χ4v) is 1.70. The third kappa shape index (κ3) is 3.97. The van der Waals surface area contributed by atoms with Crippen LogP contribution < -0.4 is 4.74 Å². The Hall–Kier alpha value is -0.830. The number of para-hydroxylation sites is 1. The Kier molecular flexibility index (Phi) is 5.53. The minimum atomic E-state index is 0.0881. The van der Waals surface area contributed by atoms with Gasteiger partial charge in [0.05, 0.1) is 11.7 Å². The molecule has 88 valence electrons. The molecule has 0 saturated heterocycles. The molecule has 0 spiro atoms. The van der Waals surface area contributed by atoms with Crippen molar-refractivity contribution >= 4 is 21.7 Å². The fourth-order valence-electron chi connectivity index (χ4n) is 1.42. The van der Waals surface area contributed by atoms with Crippen LogP contribution in [-0.2, 0) is 0 Å². The van der Waals surface area contributed by atoms with E-state index in [9.17, 15) is 4.79 Å². The van der Waals surface area contributed by atoms with Gasteiger partial charge in [-0.2, -0.15) is 0 Å². The monoisotopic (exact) mass is 284 g/mol. The van der Waals surface area contributed by atoms with Gasteiger partial charge in [0.25, 0.3) is 0 Å². The van der Waals surface area contributed by atoms with E-state index in [1.165, 1.54) is 0 Å². The molecule has 0 heterocycles. The summed E-state index contributed by atoms with van der Waals surface area (Å²) in [5.41, 5.74) is 0.692. The van der Waals surface area contributed by atoms with Crippen LogP contribution in [0.25, 0.3) is 0 Å². The van der Waals surface area contributed by atoms with Crippen molar-refractivity contribution in [3.8, 4) is 5.75 Å². The summed E-state index contributed by atoms with van der Waals surface area (Å²) < 4.78 is 5.61. The number of hydrogen-bond acceptors (Lipinski definition) is 2. The quantitative estimate of drug-likeness (QED) is 0.586. The lowest BCUT2D eigenvalue weighted by molar-refractivity contribution is 0.0976. The highest BCUT2D eigenvalue weighted by Gasteiger charge is 2.12. The molecule has 1 rings (SSSR count). The maximum absolute atomic E-state index is 11.9. The van der Waals surface area contributed by atoms with Crippen molar-refractivity contribution in [3.63, 3.8) is 0 Å². The van der Waals surface area contributed by atoms with E-state index in [0.29, 0.717) is 17.7 Å². The molecule has 0 saturated carbocycles. The van der Waals surface area contributed by atoms with Crippen LogP contribution in [0.3, 0.4) is 0 Å². The zero-order valence-corrected chi connectivity index (χ0v) is 11.3. The summed E-state index contributed by atoms with van der Waals surface area (Å²) >= 11 is 3.33. The summed E-state index contributed by atoms with van der Waals surface area (Å²) in [4.78, 5) is 11.9. The molecule has 16 heavy (non-hydrogen) atoms. The van der Waals surface area contributed by atoms with Crippen molar-refractivity contribution in [2.75, 3.05) is 5.33 Å². The number of carbonyl (C=O) groups excluding carboxylic acids is 1. The third-order valence-electron chi connectivity index (χ3n) is 2.09. The Morgan fingerprint density at radius 2 is 2.06 bits per heavy atom. The summed E-state index contributed by atoms with van der Waals surface area (Å²) in [7, 11) is 0. The zero-order valence-electron chi connectivity index (χ0n) is 9.70. The number of rotatable bonds is 6. The number of alkyl halides is 1. The largest absolute Gasteiger partial charge is 0.490 e. The van der Waals surface area contributed by atoms with Crippen molar-refractivity contribution in [1.29, 1.82) is 0 Å². The van der Waals surface area contributed by atoms with Gasteiger partial charge in [0.2, 0.25) is 0 Å². The van der Waals surface area contributed by atoms with Gasteiger partial charge >= 0.3 is 0 Å². The molecule has 3 heteroatoms. The lowest BCUT2D eigenvalue weighted by atomic mass is 10.1. The first-order valence-electron chi connectivity index (χ1n) is 5.50. The molecule has 0 fully saturated rings. The van der Waals surface area contributed by atoms with Crippen molar-refractivity contribution < 1.29 is 9.53 Å². The van der Waals surface area contributed by atoms with Gasteiger partial charge in [0.15, 0.2) is 5.78 Å². The SMILES string of the molecule is CC(C)Oc1ccccc1C(=O)CCCBr. The number of ketones is 1. The molecule has 0 unspecified atom stereocenters. The van der Waals surface area contributed by atoms with Gasteiger partial charge in [-0.1, -0.05) is 28.1 Å². The Labute approximate surface area is 105 Å². The van der Waals surface area contributed by atoms with Crippen LogP contribution in [0, 0.1) is 0 Å². The van der Waals surface area contributed by atoms with Crippen LogP contribution in [0.15, 0.2) is 24.3 Å². The lowest BCUT2D eigenvalue weighted by Gasteiger charge is -2.13. The molecule has 0 bridgehead atoms. The number of ether oxygens (including phenoxy) is 1. The van der Waals surface area contributed by atoms with Gasteiger partial charge in [0.1, 0.15) is 5.75 Å². The van der Waals surface area contributed by atoms with Crippen LogP contribution in [0.1, 0.15) is 37.0 Å². The van der Waals surface area contributed by atoms with Gasteiger partial charge in [0, 0.05) is 11.8 Å². The van der Waals surface area contributed by atoms with Crippen LogP contribution in [0.2, 0.25) is 0 Å². The Balaban J connectivity index is 2.81. The number of benzene rings is 1. The number of Topliss-reactive ketones (excluding diaryl/α,β-unsaturated/α-hetero) is 1. The number of hydrogen-bond donors (Lipinski definition) is 0. The average Bonchev–Trinajstić information content (AvgIpc) is 2.26. The summed E-state index contributed by atoms with van der Waals surface area (Å²) in [5.74, 6) is 0.841. The van der Waals surface area contributed by atoms with E-state index in [1.807, 2.05) is 38.1 Å². The highest BCUT2D eigenvalue weighted by atomic mass is 79.9. The third-order valence-corrected chi connectivity index (χ3v) is 2.65. The van der Waals surface area contributed by atoms with E-state index in [1.54, 1.807) is 0 Å². The van der Waals surface area contributed by atoms with E-state index in [0.717, 1.165) is 11.8 Å². The van der Waals surface area contributed by atoms with Crippen molar-refractivity contribution in [2.45, 2.75) is 32.8 Å². The summed E-state index contributed by atoms with van der Waals surface area (Å²) in [5, 5.41) is 0.853. The lowest BCUT2D eigenvalue weighted by Crippen LogP contribution is -2.10. The highest BCUT2D eigenvalue weighted by molar-refractivity contribution is 9.09. The smallest absolute Gasteiger partial charge is 0.166 e. The van der Waals surface area contributed by atoms with Gasteiger partial charge in [-0.3, -0.25) is 4.79 Å². The molecule has 0 N–H and O–H groups in total. The molecule has 2 nitrogen and oxygen atoms in total. The first kappa shape index (κ1) is 13.2. The van der Waals surface area contributed by atoms with Gasteiger partial charge in [-0.05, 0) is 32.4 Å². The van der Waals surface area contributed by atoms with Crippen LogP contribution in [-0.4, -0.2) is 17.2 Å². The Morgan fingerprint density at radius 1 is 1.38 bits per heavy atom. The Morgan fingerprint density at radius 3 is 2.69 bits per heavy atom. The average molecular weight is 285 g/mol. The van der Waals surface area contributed by atoms with E-state index in [4.69, 9.17) is 4.74 Å². The van der Waals surface area contributed by atoms with Crippen LogP contribution >= 0.6 is 15.9 Å². The predicted molar refractivity (Wildman–Crippen MR) is 69.6 cm³/mol. The maximum atomic E-state index is 11.9. The summed E-state index contributed by atoms with van der Waals surface area (Å²) in [6.07, 6.45) is 1.50. The topological polar surface area (TPSA) is 26.3 Å². The van der Waals surface area contributed by atoms with Crippen LogP contribution in [0.5, 0.6) is 5.75 Å². The first-order valence-corrected chi connectivity index (χ1v) is 6.62. The maximum Gasteiger partial charge on any atom is 0.166 e. The number of carbonyl (C=O) groups is 1. The standard InChI is InChI=1S/C13H17BrO2/c1-10(2)16-13-8-4-3-6-11(13)12(15)7-5-9-14/h3-4,6,8,10H,5,7,9H2,1-2H3. The molecule has 1 aromatic rings. The molecule has 0 amide bonds. The number of halogens is 1. The van der Waals surface area contributed by atoms with Gasteiger partial charge in [-0.25, -0.2) is 0 Å².